The van der Waals surface area contributed by atoms with E-state index in [9.17, 15) is 5.11 Å². The van der Waals surface area contributed by atoms with Crippen molar-refractivity contribution in [2.45, 2.75) is 117 Å². The van der Waals surface area contributed by atoms with Crippen LogP contribution < -0.4 is 10.1 Å². The predicted molar refractivity (Wildman–Crippen MR) is 192 cm³/mol. The molecule has 0 spiro atoms. The molecule has 3 atom stereocenters. The summed E-state index contributed by atoms with van der Waals surface area (Å²) in [6.07, 6.45) is 13.5. The van der Waals surface area contributed by atoms with Crippen LogP contribution in [0.15, 0.2) is 54.2 Å². The van der Waals surface area contributed by atoms with Crippen molar-refractivity contribution in [2.24, 2.45) is 5.92 Å². The van der Waals surface area contributed by atoms with Crippen LogP contribution in [0.2, 0.25) is 5.02 Å². The zero-order chi connectivity index (χ0) is 32.6. The van der Waals surface area contributed by atoms with Crippen molar-refractivity contribution < 1.29 is 9.84 Å². The zero-order valence-corrected chi connectivity index (χ0v) is 29.5. The number of ether oxygens (including phenoxy) is 1. The maximum atomic E-state index is 10.7. The summed E-state index contributed by atoms with van der Waals surface area (Å²) in [5.74, 6) is 2.04. The van der Waals surface area contributed by atoms with Gasteiger partial charge in [-0.25, -0.2) is 0 Å². The van der Waals surface area contributed by atoms with Gasteiger partial charge in [0.2, 0.25) is 0 Å². The van der Waals surface area contributed by atoms with Crippen molar-refractivity contribution in [3.63, 3.8) is 0 Å². The van der Waals surface area contributed by atoms with Crippen LogP contribution in [0, 0.1) is 5.92 Å². The molecule has 2 aromatic carbocycles. The van der Waals surface area contributed by atoms with Gasteiger partial charge in [0, 0.05) is 45.7 Å². The van der Waals surface area contributed by atoms with Gasteiger partial charge < -0.3 is 20.1 Å². The fourth-order valence-corrected chi connectivity index (χ4v) is 7.21. The maximum absolute atomic E-state index is 10.7. The van der Waals surface area contributed by atoms with E-state index in [2.05, 4.69) is 75.8 Å². The summed E-state index contributed by atoms with van der Waals surface area (Å²) in [5.41, 5.74) is 5.53. The molecule has 2 heterocycles. The number of phenols is 1. The van der Waals surface area contributed by atoms with E-state index < -0.39 is 0 Å². The van der Waals surface area contributed by atoms with Gasteiger partial charge in [-0.05, 0) is 128 Å². The molecule has 5 rings (SSSR count). The number of aromatic nitrogens is 1. The van der Waals surface area contributed by atoms with Crippen molar-refractivity contribution in [1.29, 1.82) is 0 Å². The molecule has 1 aliphatic heterocycles. The number of nitrogens with one attached hydrogen (secondary N) is 1. The lowest BCUT2D eigenvalue weighted by molar-refractivity contribution is 0.0107. The van der Waals surface area contributed by atoms with Crippen LogP contribution >= 0.6 is 11.6 Å². The van der Waals surface area contributed by atoms with Crippen LogP contribution in [0.1, 0.15) is 110 Å². The number of unbranched alkanes of at least 4 members (excludes halogenated alkanes) is 2. The van der Waals surface area contributed by atoms with E-state index in [1.54, 1.807) is 0 Å². The molecule has 1 aromatic heterocycles. The van der Waals surface area contributed by atoms with Crippen molar-refractivity contribution in [1.82, 2.24) is 9.88 Å². The summed E-state index contributed by atoms with van der Waals surface area (Å²) in [4.78, 5) is 6.86. The molecule has 2 aliphatic rings. The number of hydrogen-bond donors (Lipinski definition) is 2. The van der Waals surface area contributed by atoms with Gasteiger partial charge in [0.1, 0.15) is 17.1 Å². The molecule has 3 aromatic rings. The van der Waals surface area contributed by atoms with Gasteiger partial charge >= 0.3 is 0 Å². The molecular weight excluding hydrogens is 578 g/mol. The topological polar surface area (TPSA) is 57.6 Å². The fourth-order valence-electron chi connectivity index (χ4n) is 7.05. The van der Waals surface area contributed by atoms with Crippen molar-refractivity contribution in [2.75, 3.05) is 25.0 Å². The van der Waals surface area contributed by atoms with Gasteiger partial charge in [-0.1, -0.05) is 56.9 Å². The number of hydrogen-bond acceptors (Lipinski definition) is 5. The summed E-state index contributed by atoms with van der Waals surface area (Å²) in [6, 6.07) is 12.5. The number of aryl methyl sites for hydroxylation is 1. The number of allylic oxidation sites excluding steroid dienone is 2. The van der Waals surface area contributed by atoms with E-state index in [-0.39, 0.29) is 11.5 Å². The minimum Gasteiger partial charge on any atom is -0.507 e. The third-order valence-corrected chi connectivity index (χ3v) is 9.94. The number of pyridine rings is 1. The van der Waals surface area contributed by atoms with Gasteiger partial charge in [-0.3, -0.25) is 4.98 Å². The van der Waals surface area contributed by atoms with Crippen molar-refractivity contribution in [3.8, 4) is 11.5 Å². The van der Waals surface area contributed by atoms with E-state index >= 15 is 0 Å². The Labute approximate surface area is 277 Å². The molecule has 2 N–H and O–H groups in total. The Bertz CT molecular complexity index is 1430. The molecule has 0 bridgehead atoms. The van der Waals surface area contributed by atoms with Crippen LogP contribution in [-0.2, 0) is 6.42 Å². The summed E-state index contributed by atoms with van der Waals surface area (Å²) >= 11 is 6.04. The van der Waals surface area contributed by atoms with Crippen LogP contribution in [0.3, 0.4) is 0 Å². The molecule has 0 radical (unpaired) electrons. The number of anilines is 1. The number of rotatable bonds is 12. The number of benzene rings is 2. The second-order valence-electron chi connectivity index (χ2n) is 13.6. The first kappa shape index (κ1) is 35.1. The van der Waals surface area contributed by atoms with E-state index in [1.807, 2.05) is 36.5 Å². The normalized spacial score (nSPS) is 19.1. The molecule has 0 amide bonds. The molecule has 0 fully saturated rings. The minimum atomic E-state index is -0.177. The molecule has 0 saturated carbocycles. The number of phenolic OH excluding ortho intramolecular Hbond substituents is 1. The molecule has 1 aliphatic carbocycles. The summed E-state index contributed by atoms with van der Waals surface area (Å²) in [5, 5.41) is 16.1. The molecule has 6 heteroatoms. The Kier molecular flexibility index (Phi) is 12.6. The summed E-state index contributed by atoms with van der Waals surface area (Å²) in [6.45, 7) is 18.9. The quantitative estimate of drug-likeness (QED) is 0.153. The lowest BCUT2D eigenvalue weighted by Crippen LogP contribution is -2.45. The first-order valence-electron chi connectivity index (χ1n) is 17.3. The second kappa shape index (κ2) is 16.2. The van der Waals surface area contributed by atoms with Crippen LogP contribution in [0.5, 0.6) is 11.5 Å². The monoisotopic (exact) mass is 633 g/mol. The van der Waals surface area contributed by atoms with Gasteiger partial charge in [0.15, 0.2) is 0 Å². The first-order chi connectivity index (χ1) is 21.6. The molecule has 5 nitrogen and oxygen atoms in total. The lowest BCUT2D eigenvalue weighted by Gasteiger charge is -2.46. The third-order valence-electron chi connectivity index (χ3n) is 9.71. The van der Waals surface area contributed by atoms with Gasteiger partial charge in [0.05, 0.1) is 5.52 Å². The Balaban J connectivity index is 0.000000205. The number of aromatic hydroxyl groups is 1. The van der Waals surface area contributed by atoms with Crippen LogP contribution in [0.25, 0.3) is 10.9 Å². The number of fused-ring (bicyclic) bond motifs is 4. The van der Waals surface area contributed by atoms with E-state index in [1.165, 1.54) is 43.4 Å². The molecular formula is C39H56ClN3O2. The highest BCUT2D eigenvalue weighted by molar-refractivity contribution is 6.31. The van der Waals surface area contributed by atoms with Crippen LogP contribution in [0.4, 0.5) is 5.69 Å². The third kappa shape index (κ3) is 9.16. The Morgan fingerprint density at radius 2 is 1.87 bits per heavy atom. The SMILES string of the molecule is CCCCCc1cc(O)c2c(c1)OC(C)(C)[C@@H]1CCC(C)=C[C@@H]21.CCN(CC)CCCC(C)Nc1ccnc2cc(Cl)ccc12. The second-order valence-corrected chi connectivity index (χ2v) is 14.0. The fraction of sp³-hybridized carbons (Fsp3) is 0.564. The summed E-state index contributed by atoms with van der Waals surface area (Å²) in [7, 11) is 0. The highest BCUT2D eigenvalue weighted by Gasteiger charge is 2.45. The Morgan fingerprint density at radius 1 is 1.09 bits per heavy atom. The van der Waals surface area contributed by atoms with Crippen molar-refractivity contribution in [3.05, 3.63) is 70.4 Å². The zero-order valence-electron chi connectivity index (χ0n) is 28.8. The highest BCUT2D eigenvalue weighted by Crippen LogP contribution is 2.53. The predicted octanol–water partition coefficient (Wildman–Crippen LogP) is 10.5. The molecule has 45 heavy (non-hydrogen) atoms. The Hall–Kier alpha value is -2.76. The number of nitrogens with zero attached hydrogens (tertiary/aromatic N) is 2. The van der Waals surface area contributed by atoms with Gasteiger partial charge in [-0.15, -0.1) is 0 Å². The standard InChI is InChI=1S/C21H30O2.C18H26ClN3/c1-5-6-7-8-15-12-18(22)20-16-11-14(2)9-10-17(16)21(3,4)23-19(20)13-15;1-4-22(5-2)12-6-7-14(3)21-17-10-11-20-18-13-15(19)8-9-16(17)18/h11-13,16-17,22H,5-10H2,1-4H3;8-11,13-14H,4-7,12H2,1-3H3,(H,20,21)/t16-,17-;/m1./s1. The summed E-state index contributed by atoms with van der Waals surface area (Å²) < 4.78 is 6.36. The average Bonchev–Trinajstić information content (AvgIpc) is 2.99. The van der Waals surface area contributed by atoms with Gasteiger partial charge in [-0.2, -0.15) is 0 Å². The molecule has 1 unspecified atom stereocenters. The largest absolute Gasteiger partial charge is 0.507 e. The lowest BCUT2D eigenvalue weighted by atomic mass is 9.68. The average molecular weight is 634 g/mol. The Morgan fingerprint density at radius 3 is 2.60 bits per heavy atom. The smallest absolute Gasteiger partial charge is 0.127 e. The minimum absolute atomic E-state index is 0.177. The first-order valence-corrected chi connectivity index (χ1v) is 17.7. The van der Waals surface area contributed by atoms with E-state index in [4.69, 9.17) is 16.3 Å². The molecule has 0 saturated heterocycles. The maximum Gasteiger partial charge on any atom is 0.127 e. The van der Waals surface area contributed by atoms with Crippen LogP contribution in [-0.4, -0.2) is 46.3 Å². The van der Waals surface area contributed by atoms with E-state index in [0.29, 0.717) is 17.7 Å². The number of halogens is 1. The highest BCUT2D eigenvalue weighted by atomic mass is 35.5. The van der Waals surface area contributed by atoms with Crippen molar-refractivity contribution >= 4 is 28.2 Å². The molecule has 246 valence electrons. The van der Waals surface area contributed by atoms with E-state index in [0.717, 1.165) is 71.7 Å². The van der Waals surface area contributed by atoms with Gasteiger partial charge in [0.25, 0.3) is 0 Å².